The van der Waals surface area contributed by atoms with E-state index in [1.165, 1.54) is 6.42 Å². The third kappa shape index (κ3) is 2.85. The van der Waals surface area contributed by atoms with E-state index >= 15 is 0 Å². The van der Waals surface area contributed by atoms with Crippen LogP contribution in [0.5, 0.6) is 0 Å². The predicted octanol–water partition coefficient (Wildman–Crippen LogP) is 0.979. The van der Waals surface area contributed by atoms with Crippen molar-refractivity contribution < 1.29 is 0 Å². The van der Waals surface area contributed by atoms with E-state index in [9.17, 15) is 0 Å². The van der Waals surface area contributed by atoms with Crippen LogP contribution in [0, 0.1) is 0 Å². The van der Waals surface area contributed by atoms with Crippen molar-refractivity contribution in [1.29, 1.82) is 0 Å². The van der Waals surface area contributed by atoms with Crippen LogP contribution in [0.25, 0.3) is 0 Å². The molecule has 0 radical (unpaired) electrons. The quantitative estimate of drug-likeness (QED) is 0.846. The van der Waals surface area contributed by atoms with Gasteiger partial charge in [0.2, 0.25) is 0 Å². The minimum absolute atomic E-state index is 0.492. The molecule has 5 nitrogen and oxygen atoms in total. The fourth-order valence-electron chi connectivity index (χ4n) is 2.17. The van der Waals surface area contributed by atoms with E-state index in [1.54, 1.807) is 12.4 Å². The Morgan fingerprint density at radius 2 is 2.00 bits per heavy atom. The van der Waals surface area contributed by atoms with Crippen LogP contribution in [-0.4, -0.2) is 47.1 Å². The molecule has 1 aromatic rings. The first kappa shape index (κ1) is 12.1. The van der Waals surface area contributed by atoms with Crippen molar-refractivity contribution in [2.45, 2.75) is 26.3 Å². The minimum Gasteiger partial charge on any atom is -0.382 e. The second kappa shape index (κ2) is 5.31. The van der Waals surface area contributed by atoms with Gasteiger partial charge in [-0.15, -0.1) is 0 Å². The van der Waals surface area contributed by atoms with Gasteiger partial charge >= 0.3 is 0 Å². The maximum Gasteiger partial charge on any atom is 0.149 e. The smallest absolute Gasteiger partial charge is 0.149 e. The average molecular weight is 235 g/mol. The molecular weight excluding hydrogens is 214 g/mol. The lowest BCUT2D eigenvalue weighted by Crippen LogP contribution is -2.49. The van der Waals surface area contributed by atoms with Crippen LogP contribution in [-0.2, 0) is 0 Å². The van der Waals surface area contributed by atoms with Crippen molar-refractivity contribution in [3.05, 3.63) is 12.4 Å². The molecule has 0 saturated carbocycles. The van der Waals surface area contributed by atoms with Crippen molar-refractivity contribution in [1.82, 2.24) is 14.9 Å². The SMILES string of the molecule is CCC(C)N1CCN(c2cncc(N)n2)CC1. The predicted molar refractivity (Wildman–Crippen MR) is 70.0 cm³/mol. The Balaban J connectivity index is 1.95. The molecular formula is C12H21N5. The molecule has 0 bridgehead atoms. The summed E-state index contributed by atoms with van der Waals surface area (Å²) >= 11 is 0. The third-order valence-electron chi connectivity index (χ3n) is 3.49. The molecule has 2 N–H and O–H groups in total. The molecule has 1 atom stereocenters. The van der Waals surface area contributed by atoms with Crippen molar-refractivity contribution >= 4 is 11.6 Å². The standard InChI is InChI=1S/C12H21N5/c1-3-10(2)16-4-6-17(7-5-16)12-9-14-8-11(13)15-12/h8-10H,3-7H2,1-2H3,(H2,13,15). The van der Waals surface area contributed by atoms with Gasteiger partial charge in [0.15, 0.2) is 0 Å². The summed E-state index contributed by atoms with van der Waals surface area (Å²) in [6.07, 6.45) is 4.58. The van der Waals surface area contributed by atoms with Gasteiger partial charge in [0.25, 0.3) is 0 Å². The summed E-state index contributed by atoms with van der Waals surface area (Å²) in [5.74, 6) is 1.39. The Morgan fingerprint density at radius 1 is 1.29 bits per heavy atom. The Kier molecular flexibility index (Phi) is 3.78. The van der Waals surface area contributed by atoms with Crippen molar-refractivity contribution in [3.8, 4) is 0 Å². The Morgan fingerprint density at radius 3 is 2.59 bits per heavy atom. The summed E-state index contributed by atoms with van der Waals surface area (Å²) in [6, 6.07) is 0.670. The Bertz CT molecular complexity index is 360. The van der Waals surface area contributed by atoms with Crippen LogP contribution in [0.4, 0.5) is 11.6 Å². The first-order valence-electron chi connectivity index (χ1n) is 6.27. The molecule has 94 valence electrons. The van der Waals surface area contributed by atoms with Gasteiger partial charge in [-0.05, 0) is 13.3 Å². The first-order chi connectivity index (χ1) is 8.20. The summed E-state index contributed by atoms with van der Waals surface area (Å²) in [5, 5.41) is 0. The molecule has 2 heterocycles. The van der Waals surface area contributed by atoms with Crippen molar-refractivity contribution in [3.63, 3.8) is 0 Å². The number of hydrogen-bond acceptors (Lipinski definition) is 5. The van der Waals surface area contributed by atoms with Gasteiger partial charge in [-0.2, -0.15) is 0 Å². The van der Waals surface area contributed by atoms with Crippen molar-refractivity contribution in [2.75, 3.05) is 36.8 Å². The molecule has 17 heavy (non-hydrogen) atoms. The Hall–Kier alpha value is -1.36. The number of piperazine rings is 1. The van der Waals surface area contributed by atoms with E-state index in [-0.39, 0.29) is 0 Å². The Labute approximate surface area is 103 Å². The zero-order valence-electron chi connectivity index (χ0n) is 10.6. The second-order valence-corrected chi connectivity index (χ2v) is 4.58. The first-order valence-corrected chi connectivity index (χ1v) is 6.27. The summed E-state index contributed by atoms with van der Waals surface area (Å²) in [6.45, 7) is 8.71. The van der Waals surface area contributed by atoms with Gasteiger partial charge in [0.1, 0.15) is 11.6 Å². The van der Waals surface area contributed by atoms with Crippen LogP contribution < -0.4 is 10.6 Å². The maximum absolute atomic E-state index is 5.65. The fourth-order valence-corrected chi connectivity index (χ4v) is 2.17. The van der Waals surface area contributed by atoms with Gasteiger partial charge in [-0.1, -0.05) is 6.92 Å². The van der Waals surface area contributed by atoms with E-state index in [0.29, 0.717) is 11.9 Å². The van der Waals surface area contributed by atoms with Gasteiger partial charge < -0.3 is 10.6 Å². The average Bonchev–Trinajstić information content (AvgIpc) is 2.38. The van der Waals surface area contributed by atoms with Gasteiger partial charge in [-0.25, -0.2) is 4.98 Å². The monoisotopic (exact) mass is 235 g/mol. The molecule has 1 unspecified atom stereocenters. The van der Waals surface area contributed by atoms with Crippen LogP contribution in [0.3, 0.4) is 0 Å². The lowest BCUT2D eigenvalue weighted by Gasteiger charge is -2.38. The molecule has 1 aliphatic heterocycles. The highest BCUT2D eigenvalue weighted by molar-refractivity contribution is 5.41. The fraction of sp³-hybridized carbons (Fsp3) is 0.667. The molecule has 0 amide bonds. The number of hydrogen-bond donors (Lipinski definition) is 1. The molecule has 1 aromatic heterocycles. The minimum atomic E-state index is 0.492. The van der Waals surface area contributed by atoms with E-state index < -0.39 is 0 Å². The highest BCUT2D eigenvalue weighted by atomic mass is 15.3. The van der Waals surface area contributed by atoms with Gasteiger partial charge in [0, 0.05) is 32.2 Å². The summed E-state index contributed by atoms with van der Waals surface area (Å²) < 4.78 is 0. The van der Waals surface area contributed by atoms with E-state index in [0.717, 1.165) is 32.0 Å². The lowest BCUT2D eigenvalue weighted by molar-refractivity contribution is 0.192. The number of anilines is 2. The zero-order valence-corrected chi connectivity index (χ0v) is 10.6. The summed E-state index contributed by atoms with van der Waals surface area (Å²) in [4.78, 5) is 13.2. The normalized spacial score (nSPS) is 19.3. The van der Waals surface area contributed by atoms with E-state index in [4.69, 9.17) is 5.73 Å². The molecule has 0 aromatic carbocycles. The van der Waals surface area contributed by atoms with Crippen LogP contribution >= 0.6 is 0 Å². The van der Waals surface area contributed by atoms with Crippen LogP contribution in [0.2, 0.25) is 0 Å². The van der Waals surface area contributed by atoms with E-state index in [1.807, 2.05) is 0 Å². The number of rotatable bonds is 3. The molecule has 5 heteroatoms. The van der Waals surface area contributed by atoms with E-state index in [2.05, 4.69) is 33.6 Å². The molecule has 2 rings (SSSR count). The van der Waals surface area contributed by atoms with Crippen molar-refractivity contribution in [2.24, 2.45) is 0 Å². The zero-order chi connectivity index (χ0) is 12.3. The number of nitrogens with two attached hydrogens (primary N) is 1. The molecule has 1 aliphatic rings. The number of nitrogen functional groups attached to an aromatic ring is 1. The number of aromatic nitrogens is 2. The summed E-state index contributed by atoms with van der Waals surface area (Å²) in [7, 11) is 0. The highest BCUT2D eigenvalue weighted by Crippen LogP contribution is 2.15. The maximum atomic E-state index is 5.65. The molecule has 1 fully saturated rings. The molecule has 0 spiro atoms. The highest BCUT2D eigenvalue weighted by Gasteiger charge is 2.20. The van der Waals surface area contributed by atoms with Gasteiger partial charge in [0.05, 0.1) is 12.4 Å². The second-order valence-electron chi connectivity index (χ2n) is 4.58. The lowest BCUT2D eigenvalue weighted by atomic mass is 10.2. The van der Waals surface area contributed by atoms with Crippen LogP contribution in [0.15, 0.2) is 12.4 Å². The molecule has 1 saturated heterocycles. The van der Waals surface area contributed by atoms with Gasteiger partial charge in [-0.3, -0.25) is 9.88 Å². The van der Waals surface area contributed by atoms with Crippen LogP contribution in [0.1, 0.15) is 20.3 Å². The summed E-state index contributed by atoms with van der Waals surface area (Å²) in [5.41, 5.74) is 5.65. The molecule has 0 aliphatic carbocycles. The largest absolute Gasteiger partial charge is 0.382 e. The number of nitrogens with zero attached hydrogens (tertiary/aromatic N) is 4. The topological polar surface area (TPSA) is 58.3 Å². The third-order valence-corrected chi connectivity index (χ3v) is 3.49.